The lowest BCUT2D eigenvalue weighted by Gasteiger charge is -1.97. The molecule has 0 saturated carbocycles. The van der Waals surface area contributed by atoms with Crippen LogP contribution in [0.25, 0.3) is 17.2 Å². The molecule has 0 aliphatic carbocycles. The van der Waals surface area contributed by atoms with Crippen LogP contribution in [0.2, 0.25) is 0 Å². The lowest BCUT2D eigenvalue weighted by Crippen LogP contribution is -2.07. The van der Waals surface area contributed by atoms with Crippen LogP contribution in [0.15, 0.2) is 18.5 Å². The summed E-state index contributed by atoms with van der Waals surface area (Å²) >= 11 is 0. The van der Waals surface area contributed by atoms with Crippen LogP contribution in [0, 0.1) is 12.7 Å². The van der Waals surface area contributed by atoms with Crippen molar-refractivity contribution in [1.82, 2.24) is 24.6 Å². The third kappa shape index (κ3) is 1.91. The van der Waals surface area contributed by atoms with Crippen molar-refractivity contribution in [1.29, 1.82) is 0 Å². The molecule has 0 bridgehead atoms. The second-order valence-electron chi connectivity index (χ2n) is 4.18. The quantitative estimate of drug-likeness (QED) is 0.699. The summed E-state index contributed by atoms with van der Waals surface area (Å²) in [6, 6.07) is 1.53. The van der Waals surface area contributed by atoms with Gasteiger partial charge in [-0.25, -0.2) is 14.4 Å². The molecular weight excluding hydrogens is 278 g/mol. The summed E-state index contributed by atoms with van der Waals surface area (Å²) in [4.78, 5) is 7.22. The van der Waals surface area contributed by atoms with E-state index in [4.69, 9.17) is 0 Å². The Labute approximate surface area is 109 Å². The molecule has 0 amide bonds. The summed E-state index contributed by atoms with van der Waals surface area (Å²) < 4.78 is 52.4. The number of hydrogen-bond donors (Lipinski definition) is 1. The fourth-order valence-electron chi connectivity index (χ4n) is 1.72. The highest BCUT2D eigenvalue weighted by Gasteiger charge is 2.35. The Morgan fingerprint density at radius 2 is 2.00 bits per heavy atom. The fraction of sp³-hybridized carbons (Fsp3) is 0.182. The van der Waals surface area contributed by atoms with Gasteiger partial charge in [-0.05, 0) is 18.6 Å². The molecular formula is C11H7F4N5. The third-order valence-corrected chi connectivity index (χ3v) is 2.74. The highest BCUT2D eigenvalue weighted by molar-refractivity contribution is 5.56. The molecule has 1 N–H and O–H groups in total. The van der Waals surface area contributed by atoms with Crippen molar-refractivity contribution in [2.24, 2.45) is 0 Å². The molecule has 5 nitrogen and oxygen atoms in total. The Kier molecular flexibility index (Phi) is 2.53. The highest BCUT2D eigenvalue weighted by atomic mass is 19.4. The van der Waals surface area contributed by atoms with Crippen LogP contribution >= 0.6 is 0 Å². The molecule has 104 valence electrons. The molecule has 0 aliphatic rings. The average molecular weight is 285 g/mol. The van der Waals surface area contributed by atoms with Gasteiger partial charge in [-0.2, -0.15) is 18.3 Å². The Morgan fingerprint density at radius 1 is 1.25 bits per heavy atom. The first-order valence-corrected chi connectivity index (χ1v) is 5.50. The SMILES string of the molecule is Cc1ccn2cc(-c3n[nH]c(C(F)(F)F)n3)nc2c1F. The molecule has 0 radical (unpaired) electrons. The van der Waals surface area contributed by atoms with E-state index in [2.05, 4.69) is 15.1 Å². The molecule has 3 rings (SSSR count). The summed E-state index contributed by atoms with van der Waals surface area (Å²) in [6.07, 6.45) is -1.70. The van der Waals surface area contributed by atoms with E-state index in [1.165, 1.54) is 16.7 Å². The van der Waals surface area contributed by atoms with Gasteiger partial charge in [0.05, 0.1) is 0 Å². The first kappa shape index (κ1) is 12.6. The lowest BCUT2D eigenvalue weighted by molar-refractivity contribution is -0.144. The van der Waals surface area contributed by atoms with Crippen molar-refractivity contribution in [2.45, 2.75) is 13.1 Å². The number of nitrogens with zero attached hydrogens (tertiary/aromatic N) is 4. The number of aromatic nitrogens is 5. The minimum Gasteiger partial charge on any atom is -0.304 e. The van der Waals surface area contributed by atoms with Crippen molar-refractivity contribution >= 4 is 5.65 Å². The van der Waals surface area contributed by atoms with Gasteiger partial charge in [0.25, 0.3) is 0 Å². The van der Waals surface area contributed by atoms with Gasteiger partial charge in [-0.3, -0.25) is 5.10 Å². The van der Waals surface area contributed by atoms with Gasteiger partial charge < -0.3 is 4.40 Å². The zero-order chi connectivity index (χ0) is 14.5. The summed E-state index contributed by atoms with van der Waals surface area (Å²) in [7, 11) is 0. The lowest BCUT2D eigenvalue weighted by atomic mass is 10.3. The van der Waals surface area contributed by atoms with E-state index in [-0.39, 0.29) is 17.2 Å². The fourth-order valence-corrected chi connectivity index (χ4v) is 1.72. The first-order valence-electron chi connectivity index (χ1n) is 5.50. The number of aromatic amines is 1. The van der Waals surface area contributed by atoms with E-state index in [0.29, 0.717) is 5.56 Å². The molecule has 0 unspecified atom stereocenters. The standard InChI is InChI=1S/C11H7F4N5/c1-5-2-3-20-4-6(16-9(20)7(5)12)8-17-10(19-18-8)11(13,14)15/h2-4H,1H3,(H,17,18,19). The normalized spacial score (nSPS) is 12.2. The van der Waals surface area contributed by atoms with Crippen molar-refractivity contribution in [3.63, 3.8) is 0 Å². The van der Waals surface area contributed by atoms with Gasteiger partial charge >= 0.3 is 6.18 Å². The number of hydrogen-bond acceptors (Lipinski definition) is 3. The molecule has 9 heteroatoms. The van der Waals surface area contributed by atoms with Crippen LogP contribution in [0.3, 0.4) is 0 Å². The number of fused-ring (bicyclic) bond motifs is 1. The predicted molar refractivity (Wildman–Crippen MR) is 60.3 cm³/mol. The van der Waals surface area contributed by atoms with Crippen LogP contribution in [0.4, 0.5) is 17.6 Å². The van der Waals surface area contributed by atoms with Crippen molar-refractivity contribution in [2.75, 3.05) is 0 Å². The maximum atomic E-state index is 13.8. The van der Waals surface area contributed by atoms with Gasteiger partial charge in [-0.15, -0.1) is 0 Å². The molecule has 20 heavy (non-hydrogen) atoms. The Balaban J connectivity index is 2.11. The number of halogens is 4. The van der Waals surface area contributed by atoms with E-state index in [1.54, 1.807) is 18.2 Å². The number of H-pyrrole nitrogens is 1. The zero-order valence-corrected chi connectivity index (χ0v) is 10.0. The second-order valence-corrected chi connectivity index (χ2v) is 4.18. The zero-order valence-electron chi connectivity index (χ0n) is 10.0. The van der Waals surface area contributed by atoms with Gasteiger partial charge in [0, 0.05) is 12.4 Å². The smallest absolute Gasteiger partial charge is 0.304 e. The number of nitrogens with one attached hydrogen (secondary N) is 1. The molecule has 0 spiro atoms. The van der Waals surface area contributed by atoms with Crippen LogP contribution < -0.4 is 0 Å². The Morgan fingerprint density at radius 3 is 2.65 bits per heavy atom. The highest BCUT2D eigenvalue weighted by Crippen LogP contribution is 2.27. The summed E-state index contributed by atoms with van der Waals surface area (Å²) in [5.74, 6) is -2.00. The van der Waals surface area contributed by atoms with E-state index in [0.717, 1.165) is 0 Å². The maximum absolute atomic E-state index is 13.8. The van der Waals surface area contributed by atoms with Gasteiger partial charge in [0.2, 0.25) is 11.6 Å². The molecule has 3 aromatic rings. The van der Waals surface area contributed by atoms with E-state index < -0.39 is 17.8 Å². The Hall–Kier alpha value is -2.45. The summed E-state index contributed by atoms with van der Waals surface area (Å²) in [6.45, 7) is 1.57. The van der Waals surface area contributed by atoms with Crippen LogP contribution in [-0.4, -0.2) is 24.6 Å². The van der Waals surface area contributed by atoms with E-state index >= 15 is 0 Å². The molecule has 0 aliphatic heterocycles. The van der Waals surface area contributed by atoms with Gasteiger partial charge in [-0.1, -0.05) is 0 Å². The van der Waals surface area contributed by atoms with Gasteiger partial charge in [0.15, 0.2) is 11.5 Å². The largest absolute Gasteiger partial charge is 0.451 e. The van der Waals surface area contributed by atoms with Crippen molar-refractivity contribution < 1.29 is 17.6 Å². The molecule has 0 fully saturated rings. The number of aryl methyl sites for hydroxylation is 1. The summed E-state index contributed by atoms with van der Waals surface area (Å²) in [5, 5.41) is 5.23. The van der Waals surface area contributed by atoms with Crippen LogP contribution in [0.1, 0.15) is 11.4 Å². The number of rotatable bonds is 1. The van der Waals surface area contributed by atoms with Crippen LogP contribution in [-0.2, 0) is 6.18 Å². The number of imidazole rings is 1. The van der Waals surface area contributed by atoms with E-state index in [1.807, 2.05) is 0 Å². The van der Waals surface area contributed by atoms with Gasteiger partial charge in [0.1, 0.15) is 5.69 Å². The predicted octanol–water partition coefficient (Wildman–Crippen LogP) is 2.59. The van der Waals surface area contributed by atoms with Crippen LogP contribution in [0.5, 0.6) is 0 Å². The number of pyridine rings is 1. The minimum atomic E-state index is -4.62. The monoisotopic (exact) mass is 285 g/mol. The van der Waals surface area contributed by atoms with Crippen molar-refractivity contribution in [3.8, 4) is 11.5 Å². The summed E-state index contributed by atoms with van der Waals surface area (Å²) in [5.41, 5.74) is 0.459. The molecule has 0 saturated heterocycles. The second kappa shape index (κ2) is 4.02. The minimum absolute atomic E-state index is 0.0124. The van der Waals surface area contributed by atoms with Crippen molar-refractivity contribution in [3.05, 3.63) is 35.7 Å². The number of alkyl halides is 3. The maximum Gasteiger partial charge on any atom is 0.451 e. The Bertz CT molecular complexity index is 786. The molecule has 0 atom stereocenters. The molecule has 3 aromatic heterocycles. The first-order chi connectivity index (χ1) is 9.36. The topological polar surface area (TPSA) is 58.9 Å². The van der Waals surface area contributed by atoms with E-state index in [9.17, 15) is 17.6 Å². The average Bonchev–Trinajstić information content (AvgIpc) is 2.99. The molecule has 3 heterocycles. The third-order valence-electron chi connectivity index (χ3n) is 2.74. The molecule has 0 aromatic carbocycles.